The Morgan fingerprint density at radius 2 is 1.58 bits per heavy atom. The summed E-state index contributed by atoms with van der Waals surface area (Å²) < 4.78 is 40.1. The Kier molecular flexibility index (Phi) is 3.82. The third-order valence-corrected chi connectivity index (χ3v) is 2.19. The summed E-state index contributed by atoms with van der Waals surface area (Å²) >= 11 is 0. The van der Waals surface area contributed by atoms with Gasteiger partial charge in [-0.15, -0.1) is 0 Å². The van der Waals surface area contributed by atoms with Crippen molar-refractivity contribution in [3.05, 3.63) is 0 Å². The number of hydrogen-bond acceptors (Lipinski definition) is 8. The summed E-state index contributed by atoms with van der Waals surface area (Å²) in [6.45, 7) is -2.55. The van der Waals surface area contributed by atoms with Crippen molar-refractivity contribution >= 4 is 17.9 Å². The van der Waals surface area contributed by atoms with Gasteiger partial charge in [-0.1, -0.05) is 0 Å². The normalized spacial score (nSPS) is 32.4. The lowest BCUT2D eigenvalue weighted by molar-refractivity contribution is -0.271. The van der Waals surface area contributed by atoms with Crippen LogP contribution >= 0.6 is 0 Å². The number of aliphatic hydroxyl groups is 1. The van der Waals surface area contributed by atoms with E-state index in [1.807, 2.05) is 0 Å². The SMILES string of the molecule is [2H]CC(=O)OC1OC[C@@H](O)[C@H](OC(=O)C[2H])[C@H]1OC(=O)C[2H]. The van der Waals surface area contributed by atoms with Crippen molar-refractivity contribution in [3.63, 3.8) is 0 Å². The third-order valence-electron chi connectivity index (χ3n) is 2.19. The van der Waals surface area contributed by atoms with E-state index in [4.69, 9.17) is 23.1 Å². The van der Waals surface area contributed by atoms with Gasteiger partial charge in [0.1, 0.15) is 6.10 Å². The van der Waals surface area contributed by atoms with Gasteiger partial charge in [0.15, 0.2) is 6.10 Å². The summed E-state index contributed by atoms with van der Waals surface area (Å²) in [6, 6.07) is 0. The Morgan fingerprint density at radius 1 is 1.05 bits per heavy atom. The second-order valence-corrected chi connectivity index (χ2v) is 3.67. The zero-order valence-corrected chi connectivity index (χ0v) is 9.94. The van der Waals surface area contributed by atoms with Gasteiger partial charge in [-0.2, -0.15) is 0 Å². The highest BCUT2D eigenvalue weighted by molar-refractivity contribution is 5.68. The van der Waals surface area contributed by atoms with Gasteiger partial charge < -0.3 is 24.1 Å². The van der Waals surface area contributed by atoms with Gasteiger partial charge in [0.25, 0.3) is 0 Å². The van der Waals surface area contributed by atoms with Crippen molar-refractivity contribution in [1.82, 2.24) is 0 Å². The van der Waals surface area contributed by atoms with E-state index in [1.54, 1.807) is 0 Å². The smallest absolute Gasteiger partial charge is 0.305 e. The molecule has 1 saturated heterocycles. The molecule has 0 aromatic carbocycles. The number of carbonyl (C=O) groups is 3. The van der Waals surface area contributed by atoms with Crippen LogP contribution in [0.1, 0.15) is 24.8 Å². The highest BCUT2D eigenvalue weighted by atomic mass is 16.7. The molecule has 1 fully saturated rings. The first-order chi connectivity index (χ1) is 10.4. The van der Waals surface area contributed by atoms with E-state index < -0.39 is 63.2 Å². The Labute approximate surface area is 113 Å². The maximum absolute atomic E-state index is 11.3. The number of esters is 3. The van der Waals surface area contributed by atoms with Crippen molar-refractivity contribution in [2.24, 2.45) is 0 Å². The molecular weight excluding hydrogens is 260 g/mol. The van der Waals surface area contributed by atoms with E-state index in [2.05, 4.69) is 0 Å². The molecule has 1 aliphatic rings. The minimum atomic E-state index is -1.49. The predicted octanol–water partition coefficient (Wildman–Crippen LogP) is -0.870. The summed E-state index contributed by atoms with van der Waals surface area (Å²) in [5, 5.41) is 9.80. The van der Waals surface area contributed by atoms with E-state index >= 15 is 0 Å². The molecule has 0 radical (unpaired) electrons. The fraction of sp³-hybridized carbons (Fsp3) is 0.727. The Morgan fingerprint density at radius 3 is 2.16 bits per heavy atom. The van der Waals surface area contributed by atoms with Crippen LogP contribution in [0.2, 0.25) is 0 Å². The van der Waals surface area contributed by atoms with Crippen molar-refractivity contribution in [2.45, 2.75) is 45.3 Å². The number of ether oxygens (including phenoxy) is 4. The van der Waals surface area contributed by atoms with Crippen LogP contribution in [-0.2, 0) is 33.3 Å². The molecule has 0 amide bonds. The average molecular weight is 279 g/mol. The van der Waals surface area contributed by atoms with Gasteiger partial charge in [0.2, 0.25) is 12.4 Å². The first kappa shape index (κ1) is 11.2. The van der Waals surface area contributed by atoms with Crippen LogP contribution in [0.4, 0.5) is 0 Å². The van der Waals surface area contributed by atoms with Crippen molar-refractivity contribution < 1.29 is 42.5 Å². The number of rotatable bonds is 3. The van der Waals surface area contributed by atoms with Gasteiger partial charge >= 0.3 is 17.9 Å². The van der Waals surface area contributed by atoms with Crippen molar-refractivity contribution in [2.75, 3.05) is 6.61 Å². The van der Waals surface area contributed by atoms with E-state index in [1.165, 1.54) is 0 Å². The summed E-state index contributed by atoms with van der Waals surface area (Å²) in [5.41, 5.74) is 0. The molecule has 0 aromatic rings. The van der Waals surface area contributed by atoms with Crippen LogP contribution in [0.15, 0.2) is 0 Å². The fourth-order valence-corrected chi connectivity index (χ4v) is 1.56. The predicted molar refractivity (Wildman–Crippen MR) is 58.6 cm³/mol. The molecule has 108 valence electrons. The first-order valence-electron chi connectivity index (χ1n) is 7.30. The van der Waals surface area contributed by atoms with E-state index in [-0.39, 0.29) is 6.61 Å². The van der Waals surface area contributed by atoms with Crippen molar-refractivity contribution in [1.29, 1.82) is 0 Å². The maximum Gasteiger partial charge on any atom is 0.305 e. The molecule has 1 unspecified atom stereocenters. The lowest BCUT2D eigenvalue weighted by atomic mass is 10.0. The second kappa shape index (κ2) is 6.48. The topological polar surface area (TPSA) is 108 Å². The Bertz CT molecular complexity index is 418. The highest BCUT2D eigenvalue weighted by Crippen LogP contribution is 2.23. The highest BCUT2D eigenvalue weighted by Gasteiger charge is 2.46. The molecule has 8 nitrogen and oxygen atoms in total. The zero-order valence-electron chi connectivity index (χ0n) is 12.9. The Balaban J connectivity index is 2.92. The first-order valence-corrected chi connectivity index (χ1v) is 5.18. The van der Waals surface area contributed by atoms with Gasteiger partial charge in [0, 0.05) is 24.8 Å². The van der Waals surface area contributed by atoms with Crippen LogP contribution in [0.3, 0.4) is 0 Å². The van der Waals surface area contributed by atoms with Crippen molar-refractivity contribution in [3.8, 4) is 0 Å². The fourth-order valence-electron chi connectivity index (χ4n) is 1.56. The Hall–Kier alpha value is -1.67. The summed E-state index contributed by atoms with van der Waals surface area (Å²) in [5.74, 6) is -2.97. The quantitative estimate of drug-likeness (QED) is 0.524. The molecule has 1 aliphatic heterocycles. The minimum absolute atomic E-state index is 0.374. The second-order valence-electron chi connectivity index (χ2n) is 3.67. The molecule has 8 heteroatoms. The summed E-state index contributed by atoms with van der Waals surface area (Å²) in [6.07, 6.45) is -5.76. The van der Waals surface area contributed by atoms with Gasteiger partial charge in [0.05, 0.1) is 6.61 Å². The largest absolute Gasteiger partial charge is 0.455 e. The lowest BCUT2D eigenvalue weighted by Gasteiger charge is -2.38. The van der Waals surface area contributed by atoms with Crippen LogP contribution in [0, 0.1) is 0 Å². The molecular formula is C11H16O8. The molecule has 0 bridgehead atoms. The van der Waals surface area contributed by atoms with Gasteiger partial charge in [-0.25, -0.2) is 0 Å². The standard InChI is InChI=1S/C11H16O8/c1-5(12)17-9-8(15)4-16-11(19-7(3)14)10(9)18-6(2)13/h8-11,15H,4H2,1-3H3/t8-,9+,10-,11?/m1/s1/i1D,2D,3D. The lowest BCUT2D eigenvalue weighted by Crippen LogP contribution is -2.57. The maximum atomic E-state index is 11.3. The monoisotopic (exact) mass is 279 g/mol. The van der Waals surface area contributed by atoms with E-state index in [0.29, 0.717) is 0 Å². The number of carbonyl (C=O) groups excluding carboxylic acids is 3. The van der Waals surface area contributed by atoms with Crippen LogP contribution < -0.4 is 0 Å². The molecule has 19 heavy (non-hydrogen) atoms. The van der Waals surface area contributed by atoms with E-state index in [0.717, 1.165) is 0 Å². The molecule has 0 aliphatic carbocycles. The van der Waals surface area contributed by atoms with E-state index in [9.17, 15) is 19.5 Å². The van der Waals surface area contributed by atoms with Gasteiger partial charge in [-0.3, -0.25) is 14.4 Å². The number of aliphatic hydroxyl groups excluding tert-OH is 1. The molecule has 0 spiro atoms. The van der Waals surface area contributed by atoms with Crippen LogP contribution in [0.5, 0.6) is 0 Å². The summed E-state index contributed by atoms with van der Waals surface area (Å²) in [4.78, 5) is 33.7. The molecule has 1 rings (SSSR count). The third kappa shape index (κ3) is 4.49. The van der Waals surface area contributed by atoms with Crippen LogP contribution in [-0.4, -0.2) is 54.2 Å². The zero-order chi connectivity index (χ0) is 16.7. The molecule has 1 heterocycles. The molecule has 4 atom stereocenters. The average Bonchev–Trinajstić information content (AvgIpc) is 2.52. The molecule has 0 saturated carbocycles. The molecule has 0 aromatic heterocycles. The van der Waals surface area contributed by atoms with Gasteiger partial charge in [-0.05, 0) is 0 Å². The minimum Gasteiger partial charge on any atom is -0.455 e. The summed E-state index contributed by atoms with van der Waals surface area (Å²) in [7, 11) is 0. The molecule has 1 N–H and O–H groups in total. The number of hydrogen-bond donors (Lipinski definition) is 1. The van der Waals surface area contributed by atoms with Crippen LogP contribution in [0.25, 0.3) is 0 Å².